The fraction of sp³-hybridized carbons (Fsp3) is 0.500. The molecule has 0 heterocycles. The van der Waals surface area contributed by atoms with Crippen molar-refractivity contribution in [3.8, 4) is 0 Å². The summed E-state index contributed by atoms with van der Waals surface area (Å²) in [4.78, 5) is 8.77. The Hall–Kier alpha value is -0.950. The summed E-state index contributed by atoms with van der Waals surface area (Å²) in [5.74, 6) is 0. The molecule has 0 amide bonds. The van der Waals surface area contributed by atoms with Crippen molar-refractivity contribution in [1.82, 2.24) is 0 Å². The maximum Gasteiger partial charge on any atom is 0.297 e. The molecule has 0 radical (unpaired) electrons. The van der Waals surface area contributed by atoms with Crippen LogP contribution in [0.1, 0.15) is 12.8 Å². The summed E-state index contributed by atoms with van der Waals surface area (Å²) < 4.78 is 29.0. The van der Waals surface area contributed by atoms with E-state index < -0.39 is 25.6 Å². The maximum absolute atomic E-state index is 10.3. The summed E-state index contributed by atoms with van der Waals surface area (Å²) in [6.45, 7) is 0. The number of nitrogens with zero attached hydrogens (tertiary/aromatic N) is 1. The average molecular weight is 179 g/mol. The molecule has 11 heavy (non-hydrogen) atoms. The first-order chi connectivity index (χ1) is 4.93. The molecule has 0 atom stereocenters. The first kappa shape index (κ1) is 8.15. The lowest BCUT2D eigenvalue weighted by Crippen LogP contribution is -2.18. The minimum Gasteiger partial charge on any atom is -0.282 e. The van der Waals surface area contributed by atoms with Crippen LogP contribution in [0.2, 0.25) is 0 Å². The van der Waals surface area contributed by atoms with Crippen LogP contribution in [0.4, 0.5) is 0 Å². The van der Waals surface area contributed by atoms with Crippen molar-refractivity contribution in [2.45, 2.75) is 12.8 Å². The normalized spacial score (nSPS) is 17.9. The molecule has 7 heteroatoms. The Kier molecular flexibility index (Phi) is 1.69. The molecule has 62 valence electrons. The van der Waals surface area contributed by atoms with Crippen LogP contribution in [-0.4, -0.2) is 17.9 Å². The van der Waals surface area contributed by atoms with Gasteiger partial charge < -0.3 is 0 Å². The monoisotopic (exact) mass is 179 g/mol. The predicted octanol–water partition coefficient (Wildman–Crippen LogP) is 0.156. The minimum absolute atomic E-state index is 0.0646. The molecular weight excluding hydrogens is 174 g/mol. The number of hydrogen-bond acceptors (Lipinski definition) is 4. The van der Waals surface area contributed by atoms with E-state index in [-0.39, 0.29) is 12.8 Å². The zero-order valence-corrected chi connectivity index (χ0v) is 6.17. The molecule has 1 aliphatic carbocycles. The van der Waals surface area contributed by atoms with Gasteiger partial charge in [-0.05, 0) is 0 Å². The van der Waals surface area contributed by atoms with E-state index >= 15 is 0 Å². The van der Waals surface area contributed by atoms with Gasteiger partial charge in [-0.25, -0.2) is 0 Å². The largest absolute Gasteiger partial charge is 0.297 e. The van der Waals surface area contributed by atoms with E-state index in [1.807, 2.05) is 0 Å². The molecule has 0 aromatic rings. The van der Waals surface area contributed by atoms with Gasteiger partial charge in [-0.2, -0.15) is 8.42 Å². The van der Waals surface area contributed by atoms with Crippen molar-refractivity contribution in [3.63, 3.8) is 0 Å². The molecule has 0 aliphatic heterocycles. The second-order valence-electron chi connectivity index (χ2n) is 2.10. The van der Waals surface area contributed by atoms with Gasteiger partial charge in [0.05, 0.1) is 4.92 Å². The molecule has 0 unspecified atom stereocenters. The summed E-state index contributed by atoms with van der Waals surface area (Å²) in [6, 6.07) is 0. The lowest BCUT2D eigenvalue weighted by atomic mass is 10.1. The van der Waals surface area contributed by atoms with E-state index in [0.29, 0.717) is 0 Å². The number of rotatable bonds is 2. The predicted molar refractivity (Wildman–Crippen MR) is 34.8 cm³/mol. The third-order valence-electron chi connectivity index (χ3n) is 1.44. The SMILES string of the molecule is O=[N+]([O-])C1=C(S(=O)(=O)O)CC1. The van der Waals surface area contributed by atoms with Crippen LogP contribution in [0, 0.1) is 10.1 Å². The Balaban J connectivity index is 3.10. The van der Waals surface area contributed by atoms with Gasteiger partial charge in [0, 0.05) is 12.8 Å². The molecule has 0 fully saturated rings. The lowest BCUT2D eigenvalue weighted by molar-refractivity contribution is -0.432. The van der Waals surface area contributed by atoms with Gasteiger partial charge in [0.2, 0.25) is 0 Å². The van der Waals surface area contributed by atoms with E-state index in [0.717, 1.165) is 0 Å². The fourth-order valence-electron chi connectivity index (χ4n) is 0.810. The van der Waals surface area contributed by atoms with Crippen molar-refractivity contribution in [3.05, 3.63) is 20.7 Å². The van der Waals surface area contributed by atoms with Crippen LogP contribution in [0.3, 0.4) is 0 Å². The highest BCUT2D eigenvalue weighted by atomic mass is 32.2. The Bertz CT molecular complexity index is 326. The second kappa shape index (κ2) is 2.28. The Labute approximate surface area is 62.4 Å². The second-order valence-corrected chi connectivity index (χ2v) is 3.54. The van der Waals surface area contributed by atoms with E-state index in [9.17, 15) is 18.5 Å². The zero-order valence-electron chi connectivity index (χ0n) is 5.35. The Morgan fingerprint density at radius 1 is 1.45 bits per heavy atom. The van der Waals surface area contributed by atoms with Gasteiger partial charge in [-0.15, -0.1) is 0 Å². The highest BCUT2D eigenvalue weighted by molar-refractivity contribution is 7.89. The van der Waals surface area contributed by atoms with Gasteiger partial charge >= 0.3 is 0 Å². The molecule has 0 aromatic heterocycles. The molecule has 1 rings (SSSR count). The molecule has 0 bridgehead atoms. The van der Waals surface area contributed by atoms with Gasteiger partial charge in [-0.1, -0.05) is 0 Å². The third-order valence-corrected chi connectivity index (χ3v) is 2.51. The van der Waals surface area contributed by atoms with Crippen LogP contribution in [0.5, 0.6) is 0 Å². The molecule has 6 nitrogen and oxygen atoms in total. The summed E-state index contributed by atoms with van der Waals surface area (Å²) in [7, 11) is -4.32. The van der Waals surface area contributed by atoms with Crippen molar-refractivity contribution in [1.29, 1.82) is 0 Å². The third kappa shape index (κ3) is 1.38. The van der Waals surface area contributed by atoms with Gasteiger partial charge in [-0.3, -0.25) is 14.7 Å². The van der Waals surface area contributed by atoms with Gasteiger partial charge in [0.1, 0.15) is 4.91 Å². The molecular formula is C4H5NO5S. The molecule has 1 N–H and O–H groups in total. The lowest BCUT2D eigenvalue weighted by Gasteiger charge is -2.12. The smallest absolute Gasteiger partial charge is 0.282 e. The molecule has 0 saturated heterocycles. The van der Waals surface area contributed by atoms with Crippen molar-refractivity contribution < 1.29 is 17.9 Å². The van der Waals surface area contributed by atoms with Crippen LogP contribution in [0.15, 0.2) is 10.6 Å². The highest BCUT2D eigenvalue weighted by Crippen LogP contribution is 2.31. The standard InChI is InChI=1S/C4H5NO5S/c6-5(7)3-1-2-4(3)11(8,9)10/h1-2H2,(H,8,9,10). The van der Waals surface area contributed by atoms with Gasteiger partial charge in [0.25, 0.3) is 15.8 Å². The topological polar surface area (TPSA) is 97.5 Å². The highest BCUT2D eigenvalue weighted by Gasteiger charge is 2.35. The van der Waals surface area contributed by atoms with Crippen molar-refractivity contribution >= 4 is 10.1 Å². The molecule has 0 spiro atoms. The molecule has 0 aromatic carbocycles. The van der Waals surface area contributed by atoms with E-state index in [1.54, 1.807) is 0 Å². The summed E-state index contributed by atoms with van der Waals surface area (Å²) in [6.07, 6.45) is 0.178. The van der Waals surface area contributed by atoms with Crippen LogP contribution < -0.4 is 0 Å². The number of allylic oxidation sites excluding steroid dienone is 2. The molecule has 0 saturated carbocycles. The minimum atomic E-state index is -4.32. The molecule has 1 aliphatic rings. The summed E-state index contributed by atoms with van der Waals surface area (Å²) in [5.41, 5.74) is -0.396. The van der Waals surface area contributed by atoms with Gasteiger partial charge in [0.15, 0.2) is 0 Å². The van der Waals surface area contributed by atoms with Crippen LogP contribution in [-0.2, 0) is 10.1 Å². The average Bonchev–Trinajstić information content (AvgIpc) is 1.51. The Morgan fingerprint density at radius 3 is 2.09 bits per heavy atom. The number of nitro groups is 1. The maximum atomic E-state index is 10.3. The summed E-state index contributed by atoms with van der Waals surface area (Å²) in [5, 5.41) is 10.0. The van der Waals surface area contributed by atoms with E-state index in [2.05, 4.69) is 0 Å². The van der Waals surface area contributed by atoms with Crippen molar-refractivity contribution in [2.75, 3.05) is 0 Å². The van der Waals surface area contributed by atoms with Crippen molar-refractivity contribution in [2.24, 2.45) is 0 Å². The summed E-state index contributed by atoms with van der Waals surface area (Å²) >= 11 is 0. The van der Waals surface area contributed by atoms with E-state index in [1.165, 1.54) is 0 Å². The Morgan fingerprint density at radius 2 is 2.00 bits per heavy atom. The first-order valence-corrected chi connectivity index (χ1v) is 4.21. The zero-order chi connectivity index (χ0) is 8.65. The quantitative estimate of drug-likeness (QED) is 0.369. The van der Waals surface area contributed by atoms with E-state index in [4.69, 9.17) is 4.55 Å². The first-order valence-electron chi connectivity index (χ1n) is 2.77. The van der Waals surface area contributed by atoms with Crippen LogP contribution >= 0.6 is 0 Å². The van der Waals surface area contributed by atoms with Crippen LogP contribution in [0.25, 0.3) is 0 Å². The number of hydrogen-bond donors (Lipinski definition) is 1. The fourth-order valence-corrected chi connectivity index (χ4v) is 1.64.